The second-order valence-electron chi connectivity index (χ2n) is 7.34. The Morgan fingerprint density at radius 1 is 1.19 bits per heavy atom. The third-order valence-corrected chi connectivity index (χ3v) is 9.16. The molecule has 27 heavy (non-hydrogen) atoms. The number of carbonyl (C=O) groups is 1. The van der Waals surface area contributed by atoms with Gasteiger partial charge in [-0.05, 0) is 56.0 Å². The lowest BCUT2D eigenvalue weighted by molar-refractivity contribution is -0.133. The number of sulfone groups is 1. The van der Waals surface area contributed by atoms with Crippen LogP contribution in [0, 0.1) is 13.8 Å². The molecule has 1 fully saturated rings. The fourth-order valence-electron chi connectivity index (χ4n) is 3.84. The van der Waals surface area contributed by atoms with Crippen molar-refractivity contribution < 1.29 is 13.2 Å². The number of carbonyl (C=O) groups excluding carboxylic acids is 1. The highest BCUT2D eigenvalue weighted by atomic mass is 35.5. The molecule has 7 heteroatoms. The van der Waals surface area contributed by atoms with Crippen LogP contribution >= 0.6 is 22.9 Å². The summed E-state index contributed by atoms with van der Waals surface area (Å²) in [5, 5.41) is 0. The standard InChI is InChI=1S/C20H24ClNO3S2/c1-14-6-7-15(2)17(12-14)27(24,25)20(10-4-5-11-20)19(23)22(3)13-16-8-9-18(21)26-16/h6-9,12H,4-5,10-11,13H2,1-3H3. The van der Waals surface area contributed by atoms with Gasteiger partial charge in [0.25, 0.3) is 0 Å². The van der Waals surface area contributed by atoms with Crippen LogP contribution in [0.2, 0.25) is 4.34 Å². The van der Waals surface area contributed by atoms with E-state index in [4.69, 9.17) is 11.6 Å². The van der Waals surface area contributed by atoms with E-state index in [2.05, 4.69) is 0 Å². The van der Waals surface area contributed by atoms with Crippen LogP contribution < -0.4 is 0 Å². The monoisotopic (exact) mass is 425 g/mol. The zero-order chi connectivity index (χ0) is 19.8. The van der Waals surface area contributed by atoms with E-state index >= 15 is 0 Å². The third-order valence-electron chi connectivity index (χ3n) is 5.32. The average Bonchev–Trinajstić information content (AvgIpc) is 3.26. The molecule has 146 valence electrons. The highest BCUT2D eigenvalue weighted by Crippen LogP contribution is 2.43. The fraction of sp³-hybridized carbons (Fsp3) is 0.450. The Labute approximate surface area is 170 Å². The Balaban J connectivity index is 1.99. The first-order valence-corrected chi connectivity index (χ1v) is 11.7. The number of rotatable bonds is 5. The Kier molecular flexibility index (Phi) is 5.71. The predicted octanol–water partition coefficient (Wildman–Crippen LogP) is 4.76. The van der Waals surface area contributed by atoms with E-state index in [1.54, 1.807) is 26.1 Å². The number of hydrogen-bond acceptors (Lipinski definition) is 4. The summed E-state index contributed by atoms with van der Waals surface area (Å²) in [7, 11) is -2.12. The second kappa shape index (κ2) is 7.57. The molecule has 1 aliphatic carbocycles. The minimum Gasteiger partial charge on any atom is -0.339 e. The zero-order valence-corrected chi connectivity index (χ0v) is 18.2. The van der Waals surface area contributed by atoms with E-state index in [0.29, 0.717) is 29.3 Å². The molecule has 1 aromatic heterocycles. The molecule has 0 unspecified atom stereocenters. The zero-order valence-electron chi connectivity index (χ0n) is 15.8. The predicted molar refractivity (Wildman–Crippen MR) is 110 cm³/mol. The van der Waals surface area contributed by atoms with Gasteiger partial charge in [-0.15, -0.1) is 11.3 Å². The number of nitrogens with zero attached hydrogens (tertiary/aromatic N) is 1. The SMILES string of the molecule is Cc1ccc(C)c(S(=O)(=O)C2(C(=O)N(C)Cc3ccc(Cl)s3)CCCC2)c1. The highest BCUT2D eigenvalue weighted by molar-refractivity contribution is 7.93. The van der Waals surface area contributed by atoms with Crippen molar-refractivity contribution in [2.75, 3.05) is 7.05 Å². The molecule has 1 saturated carbocycles. The van der Waals surface area contributed by atoms with Crippen molar-refractivity contribution >= 4 is 38.7 Å². The van der Waals surface area contributed by atoms with Crippen molar-refractivity contribution in [3.63, 3.8) is 0 Å². The molecule has 0 saturated heterocycles. The first-order valence-electron chi connectivity index (χ1n) is 8.99. The number of amides is 1. The van der Waals surface area contributed by atoms with E-state index in [0.717, 1.165) is 23.3 Å². The van der Waals surface area contributed by atoms with Gasteiger partial charge in [-0.2, -0.15) is 0 Å². The van der Waals surface area contributed by atoms with Crippen LogP contribution in [0.5, 0.6) is 0 Å². The van der Waals surface area contributed by atoms with Gasteiger partial charge in [-0.3, -0.25) is 4.79 Å². The van der Waals surface area contributed by atoms with Crippen molar-refractivity contribution in [2.45, 2.75) is 55.7 Å². The van der Waals surface area contributed by atoms with E-state index in [1.807, 2.05) is 25.1 Å². The summed E-state index contributed by atoms with van der Waals surface area (Å²) in [4.78, 5) is 16.2. The Hall–Kier alpha value is -1.37. The van der Waals surface area contributed by atoms with E-state index < -0.39 is 14.6 Å². The summed E-state index contributed by atoms with van der Waals surface area (Å²) in [6, 6.07) is 9.06. The molecular formula is C20H24ClNO3S2. The topological polar surface area (TPSA) is 54.5 Å². The number of aryl methyl sites for hydroxylation is 2. The number of hydrogen-bond donors (Lipinski definition) is 0. The quantitative estimate of drug-likeness (QED) is 0.693. The second-order valence-corrected chi connectivity index (χ2v) is 11.4. The molecule has 0 N–H and O–H groups in total. The van der Waals surface area contributed by atoms with Gasteiger partial charge in [0.1, 0.15) is 0 Å². The van der Waals surface area contributed by atoms with Crippen molar-refractivity contribution in [3.05, 3.63) is 50.7 Å². The highest BCUT2D eigenvalue weighted by Gasteiger charge is 2.54. The largest absolute Gasteiger partial charge is 0.339 e. The van der Waals surface area contributed by atoms with Crippen molar-refractivity contribution in [1.29, 1.82) is 0 Å². The Morgan fingerprint density at radius 2 is 1.85 bits per heavy atom. The third kappa shape index (κ3) is 3.67. The van der Waals surface area contributed by atoms with Gasteiger partial charge in [0.05, 0.1) is 15.8 Å². The molecule has 1 aliphatic rings. The summed E-state index contributed by atoms with van der Waals surface area (Å²) in [5.74, 6) is -0.314. The summed E-state index contributed by atoms with van der Waals surface area (Å²) < 4.78 is 26.6. The lowest BCUT2D eigenvalue weighted by Crippen LogP contribution is -2.51. The van der Waals surface area contributed by atoms with E-state index in [9.17, 15) is 13.2 Å². The van der Waals surface area contributed by atoms with E-state index in [-0.39, 0.29) is 10.8 Å². The molecule has 3 rings (SSSR count). The average molecular weight is 426 g/mol. The molecule has 0 spiro atoms. The maximum Gasteiger partial charge on any atom is 0.244 e. The van der Waals surface area contributed by atoms with Gasteiger partial charge in [-0.1, -0.05) is 36.6 Å². The summed E-state index contributed by atoms with van der Waals surface area (Å²) >= 11 is 7.39. The first-order chi connectivity index (χ1) is 12.7. The smallest absolute Gasteiger partial charge is 0.244 e. The molecule has 4 nitrogen and oxygen atoms in total. The van der Waals surface area contributed by atoms with Crippen LogP contribution in [0.15, 0.2) is 35.2 Å². The number of halogens is 1. The number of thiophene rings is 1. The Bertz CT molecular complexity index is 959. The molecule has 0 atom stereocenters. The molecular weight excluding hydrogens is 402 g/mol. The molecule has 1 heterocycles. The minimum atomic E-state index is -3.80. The molecule has 0 radical (unpaired) electrons. The fourth-order valence-corrected chi connectivity index (χ4v) is 7.45. The van der Waals surface area contributed by atoms with Gasteiger partial charge in [0.2, 0.25) is 5.91 Å². The Morgan fingerprint density at radius 3 is 2.44 bits per heavy atom. The first kappa shape index (κ1) is 20.4. The maximum atomic E-state index is 13.7. The van der Waals surface area contributed by atoms with Crippen LogP contribution in [-0.4, -0.2) is 31.0 Å². The van der Waals surface area contributed by atoms with Gasteiger partial charge >= 0.3 is 0 Å². The minimum absolute atomic E-state index is 0.283. The molecule has 2 aromatic rings. The van der Waals surface area contributed by atoms with Crippen molar-refractivity contribution in [1.82, 2.24) is 4.90 Å². The summed E-state index contributed by atoms with van der Waals surface area (Å²) in [5.41, 5.74) is 1.56. The lowest BCUT2D eigenvalue weighted by Gasteiger charge is -2.32. The molecule has 1 amide bonds. The maximum absolute atomic E-state index is 13.7. The van der Waals surface area contributed by atoms with Crippen molar-refractivity contribution in [3.8, 4) is 0 Å². The van der Waals surface area contributed by atoms with Crippen molar-refractivity contribution in [2.24, 2.45) is 0 Å². The van der Waals surface area contributed by atoms with Gasteiger partial charge in [0, 0.05) is 11.9 Å². The number of benzene rings is 1. The molecule has 1 aromatic carbocycles. The van der Waals surface area contributed by atoms with Gasteiger partial charge in [-0.25, -0.2) is 8.42 Å². The summed E-state index contributed by atoms with van der Waals surface area (Å²) in [6.45, 7) is 4.02. The molecule has 0 bridgehead atoms. The van der Waals surface area contributed by atoms with Gasteiger partial charge in [0.15, 0.2) is 14.6 Å². The normalized spacial score (nSPS) is 16.4. The van der Waals surface area contributed by atoms with Crippen LogP contribution in [0.3, 0.4) is 0 Å². The summed E-state index contributed by atoms with van der Waals surface area (Å²) in [6.07, 6.45) is 2.23. The van der Waals surface area contributed by atoms with Crippen LogP contribution in [0.25, 0.3) is 0 Å². The van der Waals surface area contributed by atoms with E-state index in [1.165, 1.54) is 16.2 Å². The van der Waals surface area contributed by atoms with Crippen LogP contribution in [0.1, 0.15) is 41.7 Å². The van der Waals surface area contributed by atoms with Crippen LogP contribution in [-0.2, 0) is 21.2 Å². The van der Waals surface area contributed by atoms with Crippen LogP contribution in [0.4, 0.5) is 0 Å². The molecule has 0 aliphatic heterocycles. The van der Waals surface area contributed by atoms with Gasteiger partial charge < -0.3 is 4.90 Å². The lowest BCUT2D eigenvalue weighted by atomic mass is 10.1.